The maximum atomic E-state index is 13.0. The molecule has 3 nitrogen and oxygen atoms in total. The van der Waals surface area contributed by atoms with E-state index in [1.165, 1.54) is 12.1 Å². The fraction of sp³-hybridized carbons (Fsp3) is 0.538. The summed E-state index contributed by atoms with van der Waals surface area (Å²) in [5.41, 5.74) is 6.65. The van der Waals surface area contributed by atoms with Gasteiger partial charge in [0.05, 0.1) is 6.61 Å². The van der Waals surface area contributed by atoms with Gasteiger partial charge in [0.25, 0.3) is 0 Å². The second-order valence-electron chi connectivity index (χ2n) is 4.39. The van der Waals surface area contributed by atoms with Crippen molar-refractivity contribution < 1.29 is 9.13 Å². The van der Waals surface area contributed by atoms with Gasteiger partial charge < -0.3 is 10.5 Å². The summed E-state index contributed by atoms with van der Waals surface area (Å²) in [7, 11) is 3.62. The number of rotatable bonds is 6. The lowest BCUT2D eigenvalue weighted by atomic mass is 10.0. The average Bonchev–Trinajstić information content (AvgIpc) is 2.32. The highest BCUT2D eigenvalue weighted by atomic mass is 35.5. The van der Waals surface area contributed by atoms with Crippen LogP contribution in [0.4, 0.5) is 4.39 Å². The van der Waals surface area contributed by atoms with E-state index in [0.717, 1.165) is 5.56 Å². The summed E-state index contributed by atoms with van der Waals surface area (Å²) < 4.78 is 18.2. The van der Waals surface area contributed by atoms with Crippen molar-refractivity contribution in [2.75, 3.05) is 27.3 Å². The second kappa shape index (κ2) is 7.04. The molecule has 0 bridgehead atoms. The molecule has 0 aliphatic heterocycles. The van der Waals surface area contributed by atoms with E-state index in [4.69, 9.17) is 22.1 Å². The summed E-state index contributed by atoms with van der Waals surface area (Å²) in [4.78, 5) is 2.09. The molecule has 0 aromatic heterocycles. The third kappa shape index (κ3) is 3.65. The zero-order valence-corrected chi connectivity index (χ0v) is 11.7. The predicted molar refractivity (Wildman–Crippen MR) is 72.3 cm³/mol. The minimum Gasteiger partial charge on any atom is -0.383 e. The van der Waals surface area contributed by atoms with Gasteiger partial charge in [0.2, 0.25) is 0 Å². The Morgan fingerprint density at radius 1 is 1.50 bits per heavy atom. The predicted octanol–water partition coefficient (Wildman–Crippen LogP) is 2.45. The maximum absolute atomic E-state index is 13.0. The van der Waals surface area contributed by atoms with Crippen LogP contribution in [0.3, 0.4) is 0 Å². The third-order valence-electron chi connectivity index (χ3n) is 3.14. The first-order valence-corrected chi connectivity index (χ1v) is 6.25. The number of nitrogens with two attached hydrogens (primary N) is 1. The Morgan fingerprint density at radius 3 is 2.67 bits per heavy atom. The number of hydrogen-bond donors (Lipinski definition) is 1. The van der Waals surface area contributed by atoms with Crippen molar-refractivity contribution in [2.24, 2.45) is 5.73 Å². The van der Waals surface area contributed by atoms with Gasteiger partial charge in [0.1, 0.15) is 5.82 Å². The summed E-state index contributed by atoms with van der Waals surface area (Å²) in [6.07, 6.45) is 0. The fourth-order valence-corrected chi connectivity index (χ4v) is 2.24. The fourth-order valence-electron chi connectivity index (χ4n) is 1.95. The monoisotopic (exact) mass is 274 g/mol. The number of methoxy groups -OCH3 is 1. The largest absolute Gasteiger partial charge is 0.383 e. The number of likely N-dealkylation sites (N-methyl/N-ethyl adjacent to an activating group) is 1. The van der Waals surface area contributed by atoms with Crippen molar-refractivity contribution in [3.63, 3.8) is 0 Å². The Bertz CT molecular complexity index is 389. The molecule has 18 heavy (non-hydrogen) atoms. The van der Waals surface area contributed by atoms with Gasteiger partial charge in [0, 0.05) is 30.8 Å². The Morgan fingerprint density at radius 2 is 2.17 bits per heavy atom. The molecule has 0 heterocycles. The van der Waals surface area contributed by atoms with Gasteiger partial charge >= 0.3 is 0 Å². The number of halogens is 2. The van der Waals surface area contributed by atoms with Crippen LogP contribution in [0.1, 0.15) is 18.5 Å². The lowest BCUT2D eigenvalue weighted by Gasteiger charge is -2.32. The summed E-state index contributed by atoms with van der Waals surface area (Å²) >= 11 is 6.08. The highest BCUT2D eigenvalue weighted by Gasteiger charge is 2.22. The first-order chi connectivity index (χ1) is 8.51. The van der Waals surface area contributed by atoms with E-state index >= 15 is 0 Å². The van der Waals surface area contributed by atoms with E-state index < -0.39 is 0 Å². The van der Waals surface area contributed by atoms with E-state index in [1.54, 1.807) is 13.2 Å². The van der Waals surface area contributed by atoms with Crippen molar-refractivity contribution in [1.29, 1.82) is 0 Å². The molecule has 0 aliphatic rings. The van der Waals surface area contributed by atoms with Crippen molar-refractivity contribution in [2.45, 2.75) is 19.0 Å². The lowest BCUT2D eigenvalue weighted by molar-refractivity contribution is 0.0910. The summed E-state index contributed by atoms with van der Waals surface area (Å²) in [6, 6.07) is 4.55. The van der Waals surface area contributed by atoms with Gasteiger partial charge in [-0.2, -0.15) is 0 Å². The van der Waals surface area contributed by atoms with Gasteiger partial charge in [-0.3, -0.25) is 4.90 Å². The number of nitrogens with zero attached hydrogens (tertiary/aromatic N) is 1. The molecular formula is C13H20ClFN2O. The number of benzene rings is 1. The van der Waals surface area contributed by atoms with Gasteiger partial charge in [-0.25, -0.2) is 4.39 Å². The average molecular weight is 275 g/mol. The van der Waals surface area contributed by atoms with Crippen molar-refractivity contribution in [3.05, 3.63) is 34.6 Å². The van der Waals surface area contributed by atoms with Crippen LogP contribution in [0.15, 0.2) is 18.2 Å². The second-order valence-corrected chi connectivity index (χ2v) is 4.79. The molecule has 0 saturated heterocycles. The molecule has 0 saturated carbocycles. The molecule has 102 valence electrons. The summed E-state index contributed by atoms with van der Waals surface area (Å²) in [5, 5.41) is 0.405. The highest BCUT2D eigenvalue weighted by molar-refractivity contribution is 6.31. The van der Waals surface area contributed by atoms with Crippen LogP contribution in [0.25, 0.3) is 0 Å². The molecule has 1 aromatic carbocycles. The van der Waals surface area contributed by atoms with E-state index in [0.29, 0.717) is 18.2 Å². The first-order valence-electron chi connectivity index (χ1n) is 5.87. The molecule has 5 heteroatoms. The Hall–Kier alpha value is -0.680. The van der Waals surface area contributed by atoms with Crippen LogP contribution in [0.2, 0.25) is 5.02 Å². The van der Waals surface area contributed by atoms with Crippen LogP contribution in [-0.2, 0) is 4.74 Å². The van der Waals surface area contributed by atoms with Crippen molar-refractivity contribution >= 4 is 11.6 Å². The maximum Gasteiger partial charge on any atom is 0.124 e. The molecule has 0 amide bonds. The van der Waals surface area contributed by atoms with Crippen LogP contribution in [0.5, 0.6) is 0 Å². The van der Waals surface area contributed by atoms with Gasteiger partial charge in [-0.05, 0) is 31.7 Å². The molecule has 2 N–H and O–H groups in total. The molecule has 2 atom stereocenters. The molecule has 1 aromatic rings. The minimum atomic E-state index is -0.341. The molecule has 2 unspecified atom stereocenters. The minimum absolute atomic E-state index is 0.0525. The number of hydrogen-bond acceptors (Lipinski definition) is 3. The van der Waals surface area contributed by atoms with E-state index in [9.17, 15) is 4.39 Å². The van der Waals surface area contributed by atoms with Crippen molar-refractivity contribution in [3.8, 4) is 0 Å². The zero-order valence-electron chi connectivity index (χ0n) is 11.0. The lowest BCUT2D eigenvalue weighted by Crippen LogP contribution is -2.39. The summed E-state index contributed by atoms with van der Waals surface area (Å²) in [6.45, 7) is 3.06. The normalized spacial score (nSPS) is 14.8. The van der Waals surface area contributed by atoms with Gasteiger partial charge in [-0.15, -0.1) is 0 Å². The molecule has 0 spiro atoms. The van der Waals surface area contributed by atoms with E-state index in [-0.39, 0.29) is 17.9 Å². The highest BCUT2D eigenvalue weighted by Crippen LogP contribution is 2.28. The van der Waals surface area contributed by atoms with Crippen LogP contribution < -0.4 is 5.73 Å². The van der Waals surface area contributed by atoms with Crippen LogP contribution >= 0.6 is 11.6 Å². The van der Waals surface area contributed by atoms with Gasteiger partial charge in [-0.1, -0.05) is 17.7 Å². The molecular weight excluding hydrogens is 255 g/mol. The molecule has 0 aliphatic carbocycles. The van der Waals surface area contributed by atoms with Crippen molar-refractivity contribution in [1.82, 2.24) is 4.90 Å². The third-order valence-corrected chi connectivity index (χ3v) is 3.47. The Balaban J connectivity index is 2.94. The Labute approximate surface area is 113 Å². The van der Waals surface area contributed by atoms with E-state index in [1.807, 2.05) is 14.0 Å². The standard InChI is InChI=1S/C13H20ClFN2O/c1-9(8-18-3)17(2)13(7-16)11-5-4-10(15)6-12(11)14/h4-6,9,13H,7-8,16H2,1-3H3. The summed E-state index contributed by atoms with van der Waals surface area (Å²) in [5.74, 6) is -0.341. The molecule has 0 radical (unpaired) electrons. The quantitative estimate of drug-likeness (QED) is 0.866. The number of ether oxygens (including phenoxy) is 1. The SMILES string of the molecule is COCC(C)N(C)C(CN)c1ccc(F)cc1Cl. The van der Waals surface area contributed by atoms with Crippen LogP contribution in [0, 0.1) is 5.82 Å². The topological polar surface area (TPSA) is 38.5 Å². The van der Waals surface area contributed by atoms with E-state index in [2.05, 4.69) is 4.90 Å². The zero-order chi connectivity index (χ0) is 13.7. The first kappa shape index (κ1) is 15.4. The smallest absolute Gasteiger partial charge is 0.124 e. The molecule has 0 fully saturated rings. The van der Waals surface area contributed by atoms with Gasteiger partial charge in [0.15, 0.2) is 0 Å². The Kier molecular flexibility index (Phi) is 6.02. The van der Waals surface area contributed by atoms with Crippen LogP contribution in [-0.4, -0.2) is 38.3 Å². The molecule has 1 rings (SSSR count).